The van der Waals surface area contributed by atoms with Crippen LogP contribution in [0.1, 0.15) is 36.0 Å². The van der Waals surface area contributed by atoms with Crippen molar-refractivity contribution in [1.29, 1.82) is 0 Å². The molecule has 0 bridgehead atoms. The lowest BCUT2D eigenvalue weighted by molar-refractivity contribution is 0.0697. The Bertz CT molecular complexity index is 1220. The van der Waals surface area contributed by atoms with Crippen LogP contribution in [0.4, 0.5) is 11.5 Å². The molecule has 31 heavy (non-hydrogen) atoms. The second kappa shape index (κ2) is 8.02. The van der Waals surface area contributed by atoms with E-state index in [1.54, 1.807) is 18.2 Å². The standard InChI is InChI=1S/C22H22N4O5/c23-18-19(24)25-20(26-21(18)28)14-7-5-11(10-17(14)31-13-3-1-2-4-13)15-9-12(22(29)30)6-8-16(15)27/h5-10,13,27H,1-4,23H2,(H,29,30)(H3,24,25,26,28). The van der Waals surface area contributed by atoms with Gasteiger partial charge in [0, 0.05) is 5.56 Å². The summed E-state index contributed by atoms with van der Waals surface area (Å²) in [6.07, 6.45) is 3.93. The fourth-order valence-corrected chi connectivity index (χ4v) is 3.70. The highest BCUT2D eigenvalue weighted by molar-refractivity contribution is 5.90. The number of nitrogens with two attached hydrogens (primary N) is 2. The third kappa shape index (κ3) is 4.02. The second-order valence-electron chi connectivity index (χ2n) is 7.49. The number of hydrogen-bond acceptors (Lipinski definition) is 7. The van der Waals surface area contributed by atoms with Crippen LogP contribution in [0.15, 0.2) is 41.2 Å². The van der Waals surface area contributed by atoms with Crippen LogP contribution in [-0.2, 0) is 0 Å². The summed E-state index contributed by atoms with van der Waals surface area (Å²) in [4.78, 5) is 30.2. The average Bonchev–Trinajstić information content (AvgIpc) is 3.25. The molecule has 160 valence electrons. The van der Waals surface area contributed by atoms with Crippen molar-refractivity contribution < 1.29 is 19.7 Å². The maximum Gasteiger partial charge on any atom is 0.335 e. The maximum atomic E-state index is 12.1. The monoisotopic (exact) mass is 422 g/mol. The third-order valence-corrected chi connectivity index (χ3v) is 5.37. The number of rotatable bonds is 5. The van der Waals surface area contributed by atoms with Crippen LogP contribution >= 0.6 is 0 Å². The Hall–Kier alpha value is -4.01. The van der Waals surface area contributed by atoms with Crippen molar-refractivity contribution in [2.45, 2.75) is 31.8 Å². The van der Waals surface area contributed by atoms with E-state index in [2.05, 4.69) is 9.97 Å². The van der Waals surface area contributed by atoms with Crippen LogP contribution < -0.4 is 21.8 Å². The van der Waals surface area contributed by atoms with Gasteiger partial charge in [0.2, 0.25) is 0 Å². The summed E-state index contributed by atoms with van der Waals surface area (Å²) in [5.74, 6) is -0.592. The molecule has 0 atom stereocenters. The second-order valence-corrected chi connectivity index (χ2v) is 7.49. The number of anilines is 2. The van der Waals surface area contributed by atoms with Gasteiger partial charge in [-0.25, -0.2) is 9.78 Å². The lowest BCUT2D eigenvalue weighted by Gasteiger charge is -2.18. The Morgan fingerprint density at radius 2 is 1.84 bits per heavy atom. The molecule has 1 aliphatic rings. The van der Waals surface area contributed by atoms with E-state index in [1.807, 2.05) is 0 Å². The van der Waals surface area contributed by atoms with Gasteiger partial charge < -0.3 is 31.4 Å². The van der Waals surface area contributed by atoms with Gasteiger partial charge in [0.15, 0.2) is 5.82 Å². The molecule has 1 aliphatic carbocycles. The number of ether oxygens (including phenoxy) is 1. The highest BCUT2D eigenvalue weighted by Crippen LogP contribution is 2.38. The summed E-state index contributed by atoms with van der Waals surface area (Å²) >= 11 is 0. The Morgan fingerprint density at radius 3 is 2.52 bits per heavy atom. The van der Waals surface area contributed by atoms with Gasteiger partial charge >= 0.3 is 5.97 Å². The maximum absolute atomic E-state index is 12.1. The van der Waals surface area contributed by atoms with E-state index < -0.39 is 11.5 Å². The molecule has 0 aliphatic heterocycles. The van der Waals surface area contributed by atoms with Gasteiger partial charge in [-0.15, -0.1) is 0 Å². The van der Waals surface area contributed by atoms with E-state index in [4.69, 9.17) is 16.2 Å². The molecule has 3 aromatic rings. The van der Waals surface area contributed by atoms with Gasteiger partial charge in [0.05, 0.1) is 17.2 Å². The predicted octanol–water partition coefficient (Wildman–Crippen LogP) is 2.99. The van der Waals surface area contributed by atoms with Gasteiger partial charge in [-0.2, -0.15) is 0 Å². The first-order chi connectivity index (χ1) is 14.8. The number of aromatic hydroxyl groups is 1. The number of benzene rings is 2. The normalized spacial score (nSPS) is 13.9. The minimum Gasteiger partial charge on any atom is -0.507 e. The molecule has 1 heterocycles. The molecule has 1 fully saturated rings. The van der Waals surface area contributed by atoms with E-state index in [1.165, 1.54) is 18.2 Å². The van der Waals surface area contributed by atoms with Crippen molar-refractivity contribution in [2.24, 2.45) is 0 Å². The Kier molecular flexibility index (Phi) is 5.24. The van der Waals surface area contributed by atoms with E-state index >= 15 is 0 Å². The highest BCUT2D eigenvalue weighted by Gasteiger charge is 2.21. The number of aromatic amines is 1. The molecule has 1 aromatic heterocycles. The molecule has 0 radical (unpaired) electrons. The zero-order valence-corrected chi connectivity index (χ0v) is 16.6. The van der Waals surface area contributed by atoms with Crippen molar-refractivity contribution in [3.05, 3.63) is 52.3 Å². The van der Waals surface area contributed by atoms with E-state index in [0.29, 0.717) is 22.4 Å². The zero-order chi connectivity index (χ0) is 22.1. The summed E-state index contributed by atoms with van der Waals surface area (Å²) in [6.45, 7) is 0. The highest BCUT2D eigenvalue weighted by atomic mass is 16.5. The molecule has 0 amide bonds. The number of nitrogens with one attached hydrogen (secondary N) is 1. The van der Waals surface area contributed by atoms with Gasteiger partial charge in [-0.3, -0.25) is 4.79 Å². The van der Waals surface area contributed by atoms with Crippen molar-refractivity contribution in [3.63, 3.8) is 0 Å². The number of carbonyl (C=O) groups is 1. The number of phenolic OH excluding ortho intramolecular Hbond substituents is 1. The van der Waals surface area contributed by atoms with Gasteiger partial charge in [-0.05, 0) is 61.6 Å². The Morgan fingerprint density at radius 1 is 1.10 bits per heavy atom. The number of carboxylic acid groups (broad SMARTS) is 1. The molecule has 0 unspecified atom stereocenters. The molecule has 9 nitrogen and oxygen atoms in total. The van der Waals surface area contributed by atoms with Crippen LogP contribution in [0.25, 0.3) is 22.5 Å². The van der Waals surface area contributed by atoms with Crippen LogP contribution in [0.3, 0.4) is 0 Å². The molecular weight excluding hydrogens is 400 g/mol. The number of aromatic nitrogens is 2. The largest absolute Gasteiger partial charge is 0.507 e. The average molecular weight is 422 g/mol. The number of phenols is 1. The first kappa shape index (κ1) is 20.3. The number of hydrogen-bond donors (Lipinski definition) is 5. The first-order valence-corrected chi connectivity index (χ1v) is 9.86. The summed E-state index contributed by atoms with van der Waals surface area (Å²) in [5.41, 5.74) is 12.1. The smallest absolute Gasteiger partial charge is 0.335 e. The molecular formula is C22H22N4O5. The fraction of sp³-hybridized carbons (Fsp3) is 0.227. The van der Waals surface area contributed by atoms with E-state index in [0.717, 1.165) is 25.7 Å². The van der Waals surface area contributed by atoms with E-state index in [9.17, 15) is 19.8 Å². The summed E-state index contributed by atoms with van der Waals surface area (Å²) in [5, 5.41) is 19.6. The lowest BCUT2D eigenvalue weighted by atomic mass is 9.99. The van der Waals surface area contributed by atoms with Crippen LogP contribution in [0, 0.1) is 0 Å². The topological polar surface area (TPSA) is 165 Å². The van der Waals surface area contributed by atoms with Crippen LogP contribution in [-0.4, -0.2) is 32.3 Å². The molecule has 0 saturated heterocycles. The van der Waals surface area contributed by atoms with Crippen LogP contribution in [0.2, 0.25) is 0 Å². The molecule has 1 saturated carbocycles. The minimum atomic E-state index is -1.10. The number of nitrogens with zero attached hydrogens (tertiary/aromatic N) is 1. The first-order valence-electron chi connectivity index (χ1n) is 9.86. The number of aromatic carboxylic acids is 1. The van der Waals surface area contributed by atoms with Crippen LogP contribution in [0.5, 0.6) is 11.5 Å². The number of nitrogen functional groups attached to an aromatic ring is 2. The van der Waals surface area contributed by atoms with Crippen molar-refractivity contribution >= 4 is 17.5 Å². The number of H-pyrrole nitrogens is 1. The Labute approximate surface area is 177 Å². The predicted molar refractivity (Wildman–Crippen MR) is 116 cm³/mol. The third-order valence-electron chi connectivity index (χ3n) is 5.37. The minimum absolute atomic E-state index is 0.00537. The van der Waals surface area contributed by atoms with E-state index in [-0.39, 0.29) is 34.7 Å². The summed E-state index contributed by atoms with van der Waals surface area (Å²) in [7, 11) is 0. The summed E-state index contributed by atoms with van der Waals surface area (Å²) in [6, 6.07) is 9.12. The molecule has 9 heteroatoms. The SMILES string of the molecule is Nc1nc(-c2ccc(-c3cc(C(=O)O)ccc3O)cc2OC2CCCC2)[nH]c(=O)c1N. The van der Waals surface area contributed by atoms with Gasteiger partial charge in [0.25, 0.3) is 5.56 Å². The molecule has 0 spiro atoms. The molecule has 2 aromatic carbocycles. The Balaban J connectivity index is 1.85. The van der Waals surface area contributed by atoms with Crippen molar-refractivity contribution in [3.8, 4) is 34.0 Å². The zero-order valence-electron chi connectivity index (χ0n) is 16.6. The van der Waals surface area contributed by atoms with Gasteiger partial charge in [-0.1, -0.05) is 6.07 Å². The summed E-state index contributed by atoms with van der Waals surface area (Å²) < 4.78 is 6.22. The van der Waals surface area contributed by atoms with Crippen molar-refractivity contribution in [2.75, 3.05) is 11.5 Å². The molecule has 4 rings (SSSR count). The fourth-order valence-electron chi connectivity index (χ4n) is 3.70. The number of carboxylic acids is 1. The quantitative estimate of drug-likeness (QED) is 0.418. The lowest BCUT2D eigenvalue weighted by Crippen LogP contribution is -2.18. The van der Waals surface area contributed by atoms with Gasteiger partial charge in [0.1, 0.15) is 23.0 Å². The van der Waals surface area contributed by atoms with Crippen molar-refractivity contribution in [1.82, 2.24) is 9.97 Å². The molecule has 7 N–H and O–H groups in total.